The van der Waals surface area contributed by atoms with Crippen LogP contribution < -0.4 is 0 Å². The van der Waals surface area contributed by atoms with Gasteiger partial charge in [0, 0.05) is 11.6 Å². The maximum atomic E-state index is 6.08. The summed E-state index contributed by atoms with van der Waals surface area (Å²) in [6.07, 6.45) is 5.05. The van der Waals surface area contributed by atoms with Crippen LogP contribution in [0.1, 0.15) is 52.3 Å². The highest BCUT2D eigenvalue weighted by Crippen LogP contribution is 2.30. The Kier molecular flexibility index (Phi) is 5.56. The van der Waals surface area contributed by atoms with Gasteiger partial charge in [-0.1, -0.05) is 51.6 Å². The number of unbranched alkanes of at least 4 members (excludes halogenated alkanes) is 2. The van der Waals surface area contributed by atoms with Crippen molar-refractivity contribution in [2.75, 3.05) is 0 Å². The molecule has 0 aliphatic heterocycles. The number of hydrogen-bond acceptors (Lipinski definition) is 1. The Morgan fingerprint density at radius 3 is 2.67 bits per heavy atom. The average molecular weight is 327 g/mol. The van der Waals surface area contributed by atoms with Gasteiger partial charge in [-0.3, -0.25) is 0 Å². The van der Waals surface area contributed by atoms with Crippen molar-refractivity contribution in [1.29, 1.82) is 0 Å². The Hall–Kier alpha value is -0.730. The molecule has 0 aliphatic carbocycles. The first kappa shape index (κ1) is 16.6. The van der Waals surface area contributed by atoms with Gasteiger partial charge in [-0.25, -0.2) is 4.98 Å². The van der Waals surface area contributed by atoms with Crippen molar-refractivity contribution < 1.29 is 0 Å². The molecule has 1 aromatic carbocycles. The summed E-state index contributed by atoms with van der Waals surface area (Å²) >= 11 is 12.1. The Labute approximate surface area is 137 Å². The van der Waals surface area contributed by atoms with E-state index in [4.69, 9.17) is 23.2 Å². The van der Waals surface area contributed by atoms with E-state index in [2.05, 4.69) is 30.3 Å². The lowest BCUT2D eigenvalue weighted by Crippen LogP contribution is -2.21. The molecule has 4 heteroatoms. The van der Waals surface area contributed by atoms with Crippen LogP contribution in [0, 0.1) is 5.41 Å². The predicted octanol–water partition coefficient (Wildman–Crippen LogP) is 6.04. The Balaban J connectivity index is 2.27. The van der Waals surface area contributed by atoms with Gasteiger partial charge in [-0.15, -0.1) is 11.6 Å². The number of nitrogens with zero attached hydrogens (tertiary/aromatic N) is 2. The standard InChI is InChI=1S/C17H24Cl2N2/c1-4-5-6-9-17(2,3)12-21-15-8-7-13(19)10-14(15)20-16(21)11-18/h7-8,10H,4-6,9,11-12H2,1-3H3. The van der Waals surface area contributed by atoms with Crippen LogP contribution in [0.2, 0.25) is 5.02 Å². The van der Waals surface area contributed by atoms with Crippen molar-refractivity contribution in [1.82, 2.24) is 9.55 Å². The topological polar surface area (TPSA) is 17.8 Å². The van der Waals surface area contributed by atoms with Gasteiger partial charge in [0.25, 0.3) is 0 Å². The second kappa shape index (κ2) is 7.02. The lowest BCUT2D eigenvalue weighted by Gasteiger charge is -2.26. The predicted molar refractivity (Wildman–Crippen MR) is 92.2 cm³/mol. The Bertz CT molecular complexity index is 602. The summed E-state index contributed by atoms with van der Waals surface area (Å²) in [5.41, 5.74) is 2.30. The number of imidazole rings is 1. The van der Waals surface area contributed by atoms with Gasteiger partial charge in [-0.05, 0) is 30.0 Å². The van der Waals surface area contributed by atoms with Crippen LogP contribution in [0.15, 0.2) is 18.2 Å². The maximum Gasteiger partial charge on any atom is 0.124 e. The molecule has 2 nitrogen and oxygen atoms in total. The molecule has 21 heavy (non-hydrogen) atoms. The third kappa shape index (κ3) is 4.14. The maximum absolute atomic E-state index is 6.08. The summed E-state index contributed by atoms with van der Waals surface area (Å²) in [5, 5.41) is 0.718. The molecule has 0 spiro atoms. The fraction of sp³-hybridized carbons (Fsp3) is 0.588. The molecule has 0 fully saturated rings. The smallest absolute Gasteiger partial charge is 0.124 e. The second-order valence-electron chi connectivity index (χ2n) is 6.50. The number of aromatic nitrogens is 2. The molecule has 1 aromatic heterocycles. The van der Waals surface area contributed by atoms with Gasteiger partial charge in [0.1, 0.15) is 5.82 Å². The van der Waals surface area contributed by atoms with Gasteiger partial charge in [-0.2, -0.15) is 0 Å². The molecule has 0 N–H and O–H groups in total. The van der Waals surface area contributed by atoms with E-state index in [1.54, 1.807) is 0 Å². The fourth-order valence-electron chi connectivity index (χ4n) is 2.79. The number of benzene rings is 1. The molecule has 2 rings (SSSR count). The first-order valence-electron chi connectivity index (χ1n) is 7.67. The molecule has 0 atom stereocenters. The van der Waals surface area contributed by atoms with Crippen LogP contribution in [0.3, 0.4) is 0 Å². The molecular formula is C17H24Cl2N2. The van der Waals surface area contributed by atoms with Crippen molar-refractivity contribution in [3.05, 3.63) is 29.0 Å². The number of halogens is 2. The third-order valence-corrected chi connectivity index (χ3v) is 4.43. The van der Waals surface area contributed by atoms with E-state index >= 15 is 0 Å². The summed E-state index contributed by atoms with van der Waals surface area (Å²) in [4.78, 5) is 4.62. The van der Waals surface area contributed by atoms with E-state index < -0.39 is 0 Å². The zero-order valence-corrected chi connectivity index (χ0v) is 14.6. The van der Waals surface area contributed by atoms with Crippen molar-refractivity contribution in [2.45, 2.75) is 58.9 Å². The Morgan fingerprint density at radius 1 is 1.24 bits per heavy atom. The minimum absolute atomic E-state index is 0.239. The second-order valence-corrected chi connectivity index (χ2v) is 7.21. The molecule has 0 unspecified atom stereocenters. The highest BCUT2D eigenvalue weighted by atomic mass is 35.5. The number of fused-ring (bicyclic) bond motifs is 1. The fourth-order valence-corrected chi connectivity index (χ4v) is 3.16. The van der Waals surface area contributed by atoms with Crippen LogP contribution >= 0.6 is 23.2 Å². The van der Waals surface area contributed by atoms with Crippen molar-refractivity contribution in [2.24, 2.45) is 5.41 Å². The number of rotatable bonds is 7. The largest absolute Gasteiger partial charge is 0.326 e. The summed E-state index contributed by atoms with van der Waals surface area (Å²) < 4.78 is 2.25. The van der Waals surface area contributed by atoms with Crippen LogP contribution in [-0.4, -0.2) is 9.55 Å². The summed E-state index contributed by atoms with van der Waals surface area (Å²) in [6, 6.07) is 5.88. The molecule has 0 saturated heterocycles. The lowest BCUT2D eigenvalue weighted by molar-refractivity contribution is 0.272. The molecule has 0 aliphatic rings. The van der Waals surface area contributed by atoms with Crippen LogP contribution in [-0.2, 0) is 12.4 Å². The first-order valence-corrected chi connectivity index (χ1v) is 8.59. The molecule has 0 amide bonds. The minimum atomic E-state index is 0.239. The van der Waals surface area contributed by atoms with Crippen molar-refractivity contribution in [3.8, 4) is 0 Å². The molecule has 0 bridgehead atoms. The normalized spacial score (nSPS) is 12.2. The third-order valence-electron chi connectivity index (χ3n) is 3.95. The van der Waals surface area contributed by atoms with E-state index in [0.717, 1.165) is 28.4 Å². The minimum Gasteiger partial charge on any atom is -0.326 e. The van der Waals surface area contributed by atoms with Crippen LogP contribution in [0.4, 0.5) is 0 Å². The highest BCUT2D eigenvalue weighted by molar-refractivity contribution is 6.31. The van der Waals surface area contributed by atoms with Gasteiger partial charge in [0.2, 0.25) is 0 Å². The first-order chi connectivity index (χ1) is 9.96. The molecular weight excluding hydrogens is 303 g/mol. The van der Waals surface area contributed by atoms with Crippen LogP contribution in [0.5, 0.6) is 0 Å². The number of hydrogen-bond donors (Lipinski definition) is 0. The summed E-state index contributed by atoms with van der Waals surface area (Å²) in [6.45, 7) is 7.83. The lowest BCUT2D eigenvalue weighted by atomic mass is 9.86. The van der Waals surface area contributed by atoms with Gasteiger partial charge in [0.15, 0.2) is 0 Å². The van der Waals surface area contributed by atoms with E-state index in [9.17, 15) is 0 Å². The molecule has 1 heterocycles. The quantitative estimate of drug-likeness (QED) is 0.448. The van der Waals surface area contributed by atoms with E-state index in [1.807, 2.05) is 18.2 Å². The SMILES string of the molecule is CCCCCC(C)(C)Cn1c(CCl)nc2cc(Cl)ccc21. The zero-order valence-electron chi connectivity index (χ0n) is 13.1. The highest BCUT2D eigenvalue weighted by Gasteiger charge is 2.21. The van der Waals surface area contributed by atoms with Crippen molar-refractivity contribution >= 4 is 34.2 Å². The van der Waals surface area contributed by atoms with E-state index in [1.165, 1.54) is 25.7 Å². The molecule has 2 aromatic rings. The van der Waals surface area contributed by atoms with Gasteiger partial charge in [0.05, 0.1) is 16.9 Å². The Morgan fingerprint density at radius 2 is 2.00 bits per heavy atom. The van der Waals surface area contributed by atoms with Gasteiger partial charge < -0.3 is 4.57 Å². The summed E-state index contributed by atoms with van der Waals surface area (Å²) in [5.74, 6) is 1.36. The van der Waals surface area contributed by atoms with E-state index in [0.29, 0.717) is 5.88 Å². The van der Waals surface area contributed by atoms with Crippen molar-refractivity contribution in [3.63, 3.8) is 0 Å². The zero-order chi connectivity index (χ0) is 15.5. The monoisotopic (exact) mass is 326 g/mol. The van der Waals surface area contributed by atoms with Crippen LogP contribution in [0.25, 0.3) is 11.0 Å². The molecule has 0 radical (unpaired) electrons. The summed E-state index contributed by atoms with van der Waals surface area (Å²) in [7, 11) is 0. The molecule has 116 valence electrons. The average Bonchev–Trinajstić information content (AvgIpc) is 2.75. The number of alkyl halides is 1. The molecule has 0 saturated carbocycles. The van der Waals surface area contributed by atoms with Gasteiger partial charge >= 0.3 is 0 Å². The van der Waals surface area contributed by atoms with E-state index in [-0.39, 0.29) is 5.41 Å².